The second-order valence-corrected chi connectivity index (χ2v) is 8.29. The van der Waals surface area contributed by atoms with E-state index in [0.717, 1.165) is 12.1 Å². The second-order valence-electron chi connectivity index (χ2n) is 7.86. The summed E-state index contributed by atoms with van der Waals surface area (Å²) in [6, 6.07) is 13.4. The molecule has 1 unspecified atom stereocenters. The van der Waals surface area contributed by atoms with Gasteiger partial charge in [0.25, 0.3) is 0 Å². The molecule has 0 spiro atoms. The van der Waals surface area contributed by atoms with E-state index in [1.54, 1.807) is 53.9 Å². The molecule has 4 aromatic rings. The topological polar surface area (TPSA) is 69.9 Å². The quantitative estimate of drug-likeness (QED) is 0.231. The fourth-order valence-corrected chi connectivity index (χ4v) is 4.01. The van der Waals surface area contributed by atoms with Crippen LogP contribution in [0.25, 0.3) is 5.65 Å². The Hall–Kier alpha value is -3.78. The molecule has 0 bridgehead atoms. The van der Waals surface area contributed by atoms with Crippen LogP contribution in [0.3, 0.4) is 0 Å². The smallest absolute Gasteiger partial charge is 0.313 e. The maximum Gasteiger partial charge on any atom is 0.313 e. The fourth-order valence-electron chi connectivity index (χ4n) is 3.88. The molecule has 0 amide bonds. The van der Waals surface area contributed by atoms with Gasteiger partial charge in [-0.2, -0.15) is 0 Å². The molecule has 0 saturated heterocycles. The van der Waals surface area contributed by atoms with Crippen LogP contribution in [0.4, 0.5) is 8.78 Å². The van der Waals surface area contributed by atoms with Crippen molar-refractivity contribution in [2.24, 2.45) is 0 Å². The molecule has 9 heteroatoms. The Kier molecular flexibility index (Phi) is 7.12. The molecule has 180 valence electrons. The Balaban J connectivity index is 1.64. The summed E-state index contributed by atoms with van der Waals surface area (Å²) in [5, 5.41) is 0.504. The molecule has 2 aromatic heterocycles. The van der Waals surface area contributed by atoms with E-state index < -0.39 is 23.5 Å². The summed E-state index contributed by atoms with van der Waals surface area (Å²) in [5.74, 6) is -2.91. The van der Waals surface area contributed by atoms with Gasteiger partial charge in [0, 0.05) is 17.6 Å². The molecule has 0 aliphatic heterocycles. The Morgan fingerprint density at radius 2 is 1.74 bits per heavy atom. The molecule has 0 saturated carbocycles. The Morgan fingerprint density at radius 3 is 2.40 bits per heavy atom. The molecule has 0 radical (unpaired) electrons. The molecule has 2 heterocycles. The van der Waals surface area contributed by atoms with E-state index in [-0.39, 0.29) is 35.8 Å². The molecule has 4 rings (SSSR count). The summed E-state index contributed by atoms with van der Waals surface area (Å²) in [5.41, 5.74) is 1.38. The van der Waals surface area contributed by atoms with Gasteiger partial charge in [-0.3, -0.25) is 14.0 Å². The number of fused-ring (bicyclic) bond motifs is 1. The molecule has 0 fully saturated rings. The molecule has 0 aliphatic rings. The van der Waals surface area contributed by atoms with Crippen LogP contribution in [0.1, 0.15) is 39.6 Å². The summed E-state index contributed by atoms with van der Waals surface area (Å²) in [7, 11) is 1.26. The monoisotopic (exact) mass is 498 g/mol. The highest BCUT2D eigenvalue weighted by molar-refractivity contribution is 6.30. The third kappa shape index (κ3) is 5.02. The maximum absolute atomic E-state index is 14.0. The van der Waals surface area contributed by atoms with E-state index in [1.807, 2.05) is 0 Å². The van der Waals surface area contributed by atoms with Gasteiger partial charge < -0.3 is 9.47 Å². The van der Waals surface area contributed by atoms with Crippen LogP contribution in [0, 0.1) is 18.6 Å². The minimum absolute atomic E-state index is 0.158. The number of imidazole rings is 1. The lowest BCUT2D eigenvalue weighted by Crippen LogP contribution is -2.19. The molecule has 0 N–H and O–H groups in total. The zero-order chi connectivity index (χ0) is 25.1. The zero-order valence-electron chi connectivity index (χ0n) is 18.9. The number of carbonyl (C=O) groups is 2. The first-order chi connectivity index (χ1) is 16.8. The molecular weight excluding hydrogens is 478 g/mol. The van der Waals surface area contributed by atoms with Crippen molar-refractivity contribution >= 4 is 29.0 Å². The van der Waals surface area contributed by atoms with Gasteiger partial charge in [-0.15, -0.1) is 0 Å². The van der Waals surface area contributed by atoms with E-state index in [1.165, 1.54) is 13.2 Å². The first kappa shape index (κ1) is 24.3. The van der Waals surface area contributed by atoms with E-state index in [2.05, 4.69) is 4.98 Å². The van der Waals surface area contributed by atoms with Crippen molar-refractivity contribution < 1.29 is 27.8 Å². The second kappa shape index (κ2) is 10.2. The van der Waals surface area contributed by atoms with Crippen molar-refractivity contribution in [1.82, 2.24) is 9.38 Å². The molecular formula is C26H21ClF2N2O4. The van der Waals surface area contributed by atoms with Crippen LogP contribution in [0.15, 0.2) is 60.8 Å². The number of pyridine rings is 1. The number of rotatable bonds is 8. The number of hydrogen-bond donors (Lipinski definition) is 0. The van der Waals surface area contributed by atoms with Crippen LogP contribution >= 0.6 is 11.6 Å². The highest BCUT2D eigenvalue weighted by Gasteiger charge is 2.28. The third-order valence-electron chi connectivity index (χ3n) is 5.63. The number of nitrogens with zero attached hydrogens (tertiary/aromatic N) is 2. The van der Waals surface area contributed by atoms with Gasteiger partial charge in [-0.05, 0) is 48.9 Å². The van der Waals surface area contributed by atoms with Crippen LogP contribution in [-0.2, 0) is 16.1 Å². The summed E-state index contributed by atoms with van der Waals surface area (Å²) in [4.78, 5) is 30.3. The molecule has 2 aromatic carbocycles. The van der Waals surface area contributed by atoms with Gasteiger partial charge in [0.1, 0.15) is 23.9 Å². The average Bonchev–Trinajstić information content (AvgIpc) is 3.19. The summed E-state index contributed by atoms with van der Waals surface area (Å²) in [6.07, 6.45) is 1.48. The molecule has 0 aliphatic carbocycles. The minimum Gasteiger partial charge on any atom is -0.485 e. The van der Waals surface area contributed by atoms with E-state index in [4.69, 9.17) is 21.1 Å². The highest BCUT2D eigenvalue weighted by atomic mass is 35.5. The summed E-state index contributed by atoms with van der Waals surface area (Å²) in [6.45, 7) is 1.31. The number of esters is 1. The van der Waals surface area contributed by atoms with Gasteiger partial charge >= 0.3 is 5.97 Å². The largest absolute Gasteiger partial charge is 0.485 e. The first-order valence-corrected chi connectivity index (χ1v) is 11.1. The van der Waals surface area contributed by atoms with E-state index in [9.17, 15) is 18.4 Å². The SMILES string of the molecule is COC(=O)C(CC(=O)c1c(C)nc2c(OCc3c(F)cccc3F)cccn12)c1ccc(Cl)cc1. The first-order valence-electron chi connectivity index (χ1n) is 10.7. The summed E-state index contributed by atoms with van der Waals surface area (Å²) >= 11 is 5.95. The lowest BCUT2D eigenvalue weighted by molar-refractivity contribution is -0.142. The normalized spacial score (nSPS) is 11.9. The number of carbonyl (C=O) groups excluding carboxylic acids is 2. The molecule has 1 atom stereocenters. The number of ether oxygens (including phenoxy) is 2. The Morgan fingerprint density at radius 1 is 1.06 bits per heavy atom. The standard InChI is InChI=1S/C26H21ClF2N2O4/c1-15-24(22(32)13-18(26(33)34-2)16-8-10-17(27)11-9-16)31-12-4-7-23(25(31)30-15)35-14-19-20(28)5-3-6-21(19)29/h3-12,18H,13-14H2,1-2H3. The van der Waals surface area contributed by atoms with Gasteiger partial charge in [0.05, 0.1) is 24.3 Å². The predicted molar refractivity (Wildman–Crippen MR) is 126 cm³/mol. The Labute approximate surface area is 205 Å². The third-order valence-corrected chi connectivity index (χ3v) is 5.89. The van der Waals surface area contributed by atoms with Crippen molar-refractivity contribution in [2.45, 2.75) is 25.9 Å². The van der Waals surface area contributed by atoms with E-state index >= 15 is 0 Å². The molecule has 35 heavy (non-hydrogen) atoms. The van der Waals surface area contributed by atoms with Crippen molar-refractivity contribution in [3.63, 3.8) is 0 Å². The van der Waals surface area contributed by atoms with Gasteiger partial charge in [-0.1, -0.05) is 29.8 Å². The van der Waals surface area contributed by atoms with Crippen LogP contribution < -0.4 is 4.74 Å². The van der Waals surface area contributed by atoms with Crippen LogP contribution in [0.2, 0.25) is 5.02 Å². The number of Topliss-reactive ketones (excluding diaryl/α,β-unsaturated/α-hetero) is 1. The number of aromatic nitrogens is 2. The van der Waals surface area contributed by atoms with Gasteiger partial charge in [0.2, 0.25) is 0 Å². The van der Waals surface area contributed by atoms with Crippen molar-refractivity contribution in [2.75, 3.05) is 7.11 Å². The lowest BCUT2D eigenvalue weighted by Gasteiger charge is -2.15. The molecule has 6 nitrogen and oxygen atoms in total. The van der Waals surface area contributed by atoms with Crippen LogP contribution in [-0.4, -0.2) is 28.2 Å². The number of methoxy groups -OCH3 is 1. The predicted octanol–water partition coefficient (Wildman–Crippen LogP) is 5.68. The lowest BCUT2D eigenvalue weighted by atomic mass is 9.92. The Bertz CT molecular complexity index is 1380. The van der Waals surface area contributed by atoms with Gasteiger partial charge in [0.15, 0.2) is 17.2 Å². The van der Waals surface area contributed by atoms with E-state index in [0.29, 0.717) is 21.9 Å². The minimum atomic E-state index is -0.835. The fraction of sp³-hybridized carbons (Fsp3) is 0.192. The van der Waals surface area contributed by atoms with Crippen molar-refractivity contribution in [1.29, 1.82) is 0 Å². The van der Waals surface area contributed by atoms with Crippen LogP contribution in [0.5, 0.6) is 5.75 Å². The average molecular weight is 499 g/mol. The van der Waals surface area contributed by atoms with Crippen molar-refractivity contribution in [3.05, 3.63) is 100.0 Å². The zero-order valence-corrected chi connectivity index (χ0v) is 19.7. The number of halogens is 3. The maximum atomic E-state index is 14.0. The van der Waals surface area contributed by atoms with Crippen molar-refractivity contribution in [3.8, 4) is 5.75 Å². The number of benzene rings is 2. The number of hydrogen-bond acceptors (Lipinski definition) is 5. The number of aryl methyl sites for hydroxylation is 1. The van der Waals surface area contributed by atoms with Gasteiger partial charge in [-0.25, -0.2) is 13.8 Å². The number of ketones is 1. The highest BCUT2D eigenvalue weighted by Crippen LogP contribution is 2.28. The summed E-state index contributed by atoms with van der Waals surface area (Å²) < 4.78 is 40.1.